The Kier molecular flexibility index (Phi) is 4.42. The quantitative estimate of drug-likeness (QED) is 0.879. The lowest BCUT2D eigenvalue weighted by atomic mass is 10.2. The van der Waals surface area contributed by atoms with E-state index in [0.29, 0.717) is 20.5 Å². The van der Waals surface area contributed by atoms with Gasteiger partial charge in [0, 0.05) is 10.7 Å². The van der Waals surface area contributed by atoms with Gasteiger partial charge in [0.05, 0.1) is 12.0 Å². The Morgan fingerprint density at radius 1 is 1.20 bits per heavy atom. The molecule has 0 aliphatic carbocycles. The number of hydrogen-bond donors (Lipinski definition) is 1. The van der Waals surface area contributed by atoms with Crippen molar-refractivity contribution in [2.24, 2.45) is 0 Å². The van der Waals surface area contributed by atoms with Gasteiger partial charge in [-0.05, 0) is 36.8 Å². The lowest BCUT2D eigenvalue weighted by Gasteiger charge is -2.05. The van der Waals surface area contributed by atoms with Crippen molar-refractivity contribution in [1.82, 2.24) is 0 Å². The largest absolute Gasteiger partial charge is 0.465 e. The summed E-state index contributed by atoms with van der Waals surface area (Å²) in [7, 11) is 1.30. The average molecular weight is 310 g/mol. The first-order valence-electron chi connectivity index (χ1n) is 5.77. The fraction of sp³-hybridized carbons (Fsp3) is 0.143. The summed E-state index contributed by atoms with van der Waals surface area (Å²) in [6.45, 7) is 1.88. The SMILES string of the molecule is COC(=O)c1ccc(C(=O)Nc2ccc(C)c(Cl)c2)s1. The van der Waals surface area contributed by atoms with Crippen molar-refractivity contribution in [2.75, 3.05) is 12.4 Å². The van der Waals surface area contributed by atoms with Gasteiger partial charge in [-0.15, -0.1) is 11.3 Å². The van der Waals surface area contributed by atoms with Crippen molar-refractivity contribution >= 4 is 40.5 Å². The Hall–Kier alpha value is -1.85. The van der Waals surface area contributed by atoms with Crippen LogP contribution in [0.2, 0.25) is 5.02 Å². The molecule has 6 heteroatoms. The fourth-order valence-corrected chi connectivity index (χ4v) is 2.53. The van der Waals surface area contributed by atoms with Crippen LogP contribution in [0.4, 0.5) is 5.69 Å². The lowest BCUT2D eigenvalue weighted by Crippen LogP contribution is -2.10. The molecule has 0 fully saturated rings. The zero-order valence-corrected chi connectivity index (χ0v) is 12.5. The predicted octanol–water partition coefficient (Wildman–Crippen LogP) is 3.75. The molecule has 0 bridgehead atoms. The summed E-state index contributed by atoms with van der Waals surface area (Å²) in [4.78, 5) is 24.2. The molecule has 1 heterocycles. The number of benzene rings is 1. The van der Waals surface area contributed by atoms with Crippen LogP contribution in [-0.4, -0.2) is 19.0 Å². The summed E-state index contributed by atoms with van der Waals surface area (Å²) < 4.78 is 4.60. The summed E-state index contributed by atoms with van der Waals surface area (Å²) in [5.41, 5.74) is 1.55. The van der Waals surface area contributed by atoms with E-state index in [1.165, 1.54) is 7.11 Å². The molecule has 1 N–H and O–H groups in total. The number of ether oxygens (including phenoxy) is 1. The molecule has 2 rings (SSSR count). The van der Waals surface area contributed by atoms with Crippen LogP contribution in [0.25, 0.3) is 0 Å². The van der Waals surface area contributed by atoms with Crippen LogP contribution < -0.4 is 5.32 Å². The highest BCUT2D eigenvalue weighted by Gasteiger charge is 2.14. The van der Waals surface area contributed by atoms with E-state index in [1.54, 1.807) is 24.3 Å². The van der Waals surface area contributed by atoms with Gasteiger partial charge < -0.3 is 10.1 Å². The molecule has 0 saturated heterocycles. The number of hydrogen-bond acceptors (Lipinski definition) is 4. The second kappa shape index (κ2) is 6.07. The molecule has 4 nitrogen and oxygen atoms in total. The van der Waals surface area contributed by atoms with E-state index in [2.05, 4.69) is 10.1 Å². The van der Waals surface area contributed by atoms with Gasteiger partial charge in [0.15, 0.2) is 0 Å². The molecular formula is C14H12ClNO3S. The first-order valence-corrected chi connectivity index (χ1v) is 6.96. The molecule has 1 aromatic carbocycles. The lowest BCUT2D eigenvalue weighted by molar-refractivity contribution is 0.0606. The third kappa shape index (κ3) is 3.18. The van der Waals surface area contributed by atoms with Crippen molar-refractivity contribution in [3.63, 3.8) is 0 Å². The minimum Gasteiger partial charge on any atom is -0.465 e. The number of carbonyl (C=O) groups is 2. The topological polar surface area (TPSA) is 55.4 Å². The zero-order chi connectivity index (χ0) is 14.7. The van der Waals surface area contributed by atoms with Crippen LogP contribution in [0.3, 0.4) is 0 Å². The summed E-state index contributed by atoms with van der Waals surface area (Å²) in [5, 5.41) is 3.32. The maximum Gasteiger partial charge on any atom is 0.348 e. The van der Waals surface area contributed by atoms with Gasteiger partial charge in [0.1, 0.15) is 4.88 Å². The zero-order valence-electron chi connectivity index (χ0n) is 10.9. The van der Waals surface area contributed by atoms with E-state index in [9.17, 15) is 9.59 Å². The highest BCUT2D eigenvalue weighted by Crippen LogP contribution is 2.22. The number of methoxy groups -OCH3 is 1. The maximum absolute atomic E-state index is 12.0. The molecule has 0 unspecified atom stereocenters. The molecule has 0 radical (unpaired) electrons. The molecule has 0 atom stereocenters. The van der Waals surface area contributed by atoms with E-state index in [0.717, 1.165) is 16.9 Å². The molecule has 2 aromatic rings. The molecule has 1 amide bonds. The average Bonchev–Trinajstić information content (AvgIpc) is 2.92. The monoisotopic (exact) mass is 309 g/mol. The minimum atomic E-state index is -0.451. The molecule has 0 saturated carbocycles. The van der Waals surface area contributed by atoms with Crippen LogP contribution >= 0.6 is 22.9 Å². The number of halogens is 1. The number of amides is 1. The van der Waals surface area contributed by atoms with Gasteiger partial charge in [-0.3, -0.25) is 4.79 Å². The maximum atomic E-state index is 12.0. The molecule has 0 aliphatic heterocycles. The highest BCUT2D eigenvalue weighted by molar-refractivity contribution is 7.16. The summed E-state index contributed by atoms with van der Waals surface area (Å²) >= 11 is 7.08. The summed E-state index contributed by atoms with van der Waals surface area (Å²) in [6.07, 6.45) is 0. The second-order valence-corrected chi connectivity index (χ2v) is 5.56. The standard InChI is InChI=1S/C14H12ClNO3S/c1-8-3-4-9(7-10(8)15)16-13(17)11-5-6-12(20-11)14(18)19-2/h3-7H,1-2H3,(H,16,17). The van der Waals surface area contributed by atoms with Gasteiger partial charge in [0.2, 0.25) is 0 Å². The number of anilines is 1. The van der Waals surface area contributed by atoms with E-state index >= 15 is 0 Å². The fourth-order valence-electron chi connectivity index (χ4n) is 1.53. The summed E-state index contributed by atoms with van der Waals surface area (Å²) in [5.74, 6) is -0.738. The Balaban J connectivity index is 2.13. The van der Waals surface area contributed by atoms with Gasteiger partial charge in [-0.2, -0.15) is 0 Å². The number of nitrogens with one attached hydrogen (secondary N) is 1. The first kappa shape index (κ1) is 14.6. The molecule has 20 heavy (non-hydrogen) atoms. The van der Waals surface area contributed by atoms with Crippen LogP contribution in [0.1, 0.15) is 24.9 Å². The predicted molar refractivity (Wildman–Crippen MR) is 79.8 cm³/mol. The van der Waals surface area contributed by atoms with Crippen LogP contribution in [0, 0.1) is 6.92 Å². The Morgan fingerprint density at radius 3 is 2.55 bits per heavy atom. The number of aryl methyl sites for hydroxylation is 1. The van der Waals surface area contributed by atoms with Gasteiger partial charge in [0.25, 0.3) is 5.91 Å². The Labute approximate surface area is 125 Å². The minimum absolute atomic E-state index is 0.287. The molecule has 0 aliphatic rings. The molecule has 0 spiro atoms. The number of esters is 1. The van der Waals surface area contributed by atoms with Crippen LogP contribution in [0.5, 0.6) is 0 Å². The van der Waals surface area contributed by atoms with Crippen LogP contribution in [0.15, 0.2) is 30.3 Å². The molecule has 1 aromatic heterocycles. The van der Waals surface area contributed by atoms with E-state index in [-0.39, 0.29) is 5.91 Å². The normalized spacial score (nSPS) is 10.2. The summed E-state index contributed by atoms with van der Waals surface area (Å²) in [6, 6.07) is 8.43. The smallest absolute Gasteiger partial charge is 0.348 e. The van der Waals surface area contributed by atoms with Crippen molar-refractivity contribution in [2.45, 2.75) is 6.92 Å². The van der Waals surface area contributed by atoms with E-state index < -0.39 is 5.97 Å². The third-order valence-corrected chi connectivity index (χ3v) is 4.12. The van der Waals surface area contributed by atoms with Gasteiger partial charge >= 0.3 is 5.97 Å². The number of rotatable bonds is 3. The van der Waals surface area contributed by atoms with Gasteiger partial charge in [-0.1, -0.05) is 17.7 Å². The number of thiophene rings is 1. The van der Waals surface area contributed by atoms with Crippen molar-refractivity contribution < 1.29 is 14.3 Å². The van der Waals surface area contributed by atoms with E-state index in [1.807, 2.05) is 13.0 Å². The Morgan fingerprint density at radius 2 is 1.90 bits per heavy atom. The second-order valence-electron chi connectivity index (χ2n) is 4.07. The van der Waals surface area contributed by atoms with Crippen molar-refractivity contribution in [3.05, 3.63) is 50.7 Å². The van der Waals surface area contributed by atoms with Gasteiger partial charge in [-0.25, -0.2) is 4.79 Å². The molecule has 104 valence electrons. The van der Waals surface area contributed by atoms with Crippen LogP contribution in [-0.2, 0) is 4.74 Å². The third-order valence-electron chi connectivity index (χ3n) is 2.65. The molecular weight excluding hydrogens is 298 g/mol. The number of carbonyl (C=O) groups excluding carboxylic acids is 2. The van der Waals surface area contributed by atoms with Crippen molar-refractivity contribution in [1.29, 1.82) is 0 Å². The van der Waals surface area contributed by atoms with E-state index in [4.69, 9.17) is 11.6 Å². The van der Waals surface area contributed by atoms with Crippen molar-refractivity contribution in [3.8, 4) is 0 Å². The first-order chi connectivity index (χ1) is 9.51. The Bertz CT molecular complexity index is 666. The highest BCUT2D eigenvalue weighted by atomic mass is 35.5.